The van der Waals surface area contributed by atoms with Crippen LogP contribution in [0.1, 0.15) is 6.92 Å². The van der Waals surface area contributed by atoms with Gasteiger partial charge in [0.25, 0.3) is 0 Å². The molecule has 0 aliphatic heterocycles. The largest absolute Gasteiger partial charge is 0.391 e. The van der Waals surface area contributed by atoms with E-state index in [1.165, 1.54) is 0 Å². The number of nitrogens with one attached hydrogen (secondary N) is 1. The van der Waals surface area contributed by atoms with Gasteiger partial charge in [-0.15, -0.1) is 0 Å². The highest BCUT2D eigenvalue weighted by Crippen LogP contribution is 1.86. The molecule has 0 aliphatic carbocycles. The molecule has 11 heavy (non-hydrogen) atoms. The van der Waals surface area contributed by atoms with Crippen molar-refractivity contribution in [1.29, 1.82) is 0 Å². The summed E-state index contributed by atoms with van der Waals surface area (Å²) in [7, 11) is 1.76. The Morgan fingerprint density at radius 2 is 2.00 bits per heavy atom. The summed E-state index contributed by atoms with van der Waals surface area (Å²) < 4.78 is 4.97. The number of ether oxygens (including phenoxy) is 1. The Kier molecular flexibility index (Phi) is 6.45. The lowest BCUT2D eigenvalue weighted by Crippen LogP contribution is -2.29. The maximum atomic E-state index is 9.09. The molecule has 3 N–H and O–H groups in total. The van der Waals surface area contributed by atoms with Crippen molar-refractivity contribution in [2.75, 3.05) is 26.8 Å². The van der Waals surface area contributed by atoms with Gasteiger partial charge in [-0.3, -0.25) is 0 Å². The van der Waals surface area contributed by atoms with Crippen molar-refractivity contribution in [3.8, 4) is 0 Å². The van der Waals surface area contributed by atoms with Gasteiger partial charge in [-0.25, -0.2) is 0 Å². The summed E-state index contributed by atoms with van der Waals surface area (Å²) in [5.41, 5.74) is 0. The van der Waals surface area contributed by atoms with Crippen LogP contribution in [0.3, 0.4) is 0 Å². The molecule has 4 nitrogen and oxygen atoms in total. The summed E-state index contributed by atoms with van der Waals surface area (Å²) in [6.45, 7) is 2.71. The third kappa shape index (κ3) is 7.74. The first kappa shape index (κ1) is 10.8. The summed E-state index contributed by atoms with van der Waals surface area (Å²) in [6.07, 6.45) is -0.949. The van der Waals surface area contributed by atoms with E-state index in [9.17, 15) is 0 Å². The van der Waals surface area contributed by atoms with Gasteiger partial charge in [0.05, 0.1) is 25.4 Å². The van der Waals surface area contributed by atoms with Crippen molar-refractivity contribution >= 4 is 0 Å². The number of aliphatic hydroxyl groups is 2. The van der Waals surface area contributed by atoms with E-state index in [0.717, 1.165) is 0 Å². The molecule has 2 unspecified atom stereocenters. The zero-order chi connectivity index (χ0) is 8.69. The Labute approximate surface area is 67.2 Å². The Morgan fingerprint density at radius 1 is 1.36 bits per heavy atom. The number of aliphatic hydroxyl groups excluding tert-OH is 2. The van der Waals surface area contributed by atoms with Crippen molar-refractivity contribution in [3.63, 3.8) is 0 Å². The van der Waals surface area contributed by atoms with Crippen molar-refractivity contribution in [1.82, 2.24) is 5.32 Å². The minimum Gasteiger partial charge on any atom is -0.391 e. The molecule has 0 aromatic rings. The van der Waals surface area contributed by atoms with Gasteiger partial charge in [0, 0.05) is 6.54 Å². The molecule has 0 spiro atoms. The third-order valence-electron chi connectivity index (χ3n) is 1.11. The van der Waals surface area contributed by atoms with Crippen LogP contribution >= 0.6 is 0 Å². The van der Waals surface area contributed by atoms with Crippen LogP contribution in [0.5, 0.6) is 0 Å². The highest BCUT2D eigenvalue weighted by atomic mass is 16.5. The van der Waals surface area contributed by atoms with E-state index < -0.39 is 12.2 Å². The lowest BCUT2D eigenvalue weighted by atomic mass is 10.4. The van der Waals surface area contributed by atoms with Crippen LogP contribution in [0.2, 0.25) is 0 Å². The number of hydrogen-bond donors (Lipinski definition) is 3. The molecule has 0 aliphatic rings. The lowest BCUT2D eigenvalue weighted by molar-refractivity contribution is -0.000884. The van der Waals surface area contributed by atoms with Gasteiger partial charge >= 0.3 is 0 Å². The fraction of sp³-hybridized carbons (Fsp3) is 1.00. The van der Waals surface area contributed by atoms with Crippen LogP contribution in [-0.2, 0) is 4.74 Å². The summed E-state index contributed by atoms with van der Waals surface area (Å²) in [5.74, 6) is 0. The Bertz CT molecular complexity index is 87.8. The highest BCUT2D eigenvalue weighted by Gasteiger charge is 2.02. The van der Waals surface area contributed by atoms with Gasteiger partial charge in [-0.1, -0.05) is 0 Å². The van der Waals surface area contributed by atoms with E-state index in [-0.39, 0.29) is 13.2 Å². The van der Waals surface area contributed by atoms with Gasteiger partial charge in [0.2, 0.25) is 0 Å². The van der Waals surface area contributed by atoms with Crippen molar-refractivity contribution in [2.45, 2.75) is 19.1 Å². The Balaban J connectivity index is 3.10. The van der Waals surface area contributed by atoms with E-state index in [0.29, 0.717) is 6.54 Å². The summed E-state index contributed by atoms with van der Waals surface area (Å²) in [6, 6.07) is 0. The fourth-order valence-electron chi connectivity index (χ4n) is 0.669. The molecule has 0 fully saturated rings. The summed E-state index contributed by atoms with van der Waals surface area (Å²) in [5, 5.41) is 20.7. The van der Waals surface area contributed by atoms with Crippen LogP contribution in [0, 0.1) is 0 Å². The SMILES string of the molecule is CNCC(O)COCC(C)O. The van der Waals surface area contributed by atoms with E-state index in [2.05, 4.69) is 5.32 Å². The predicted molar refractivity (Wildman–Crippen MR) is 42.4 cm³/mol. The molecule has 0 saturated carbocycles. The van der Waals surface area contributed by atoms with Crippen LogP contribution in [0.15, 0.2) is 0 Å². The monoisotopic (exact) mass is 163 g/mol. The molecular weight excluding hydrogens is 146 g/mol. The smallest absolute Gasteiger partial charge is 0.0897 e. The quantitative estimate of drug-likeness (QED) is 0.468. The van der Waals surface area contributed by atoms with Crippen molar-refractivity contribution in [2.24, 2.45) is 0 Å². The minimum atomic E-state index is -0.487. The molecule has 0 radical (unpaired) electrons. The molecule has 68 valence electrons. The minimum absolute atomic E-state index is 0.270. The molecule has 0 aromatic carbocycles. The van der Waals surface area contributed by atoms with Gasteiger partial charge in [-0.05, 0) is 14.0 Å². The number of likely N-dealkylation sites (N-methyl/N-ethyl adjacent to an activating group) is 1. The molecule has 0 heterocycles. The average molecular weight is 163 g/mol. The van der Waals surface area contributed by atoms with Crippen LogP contribution in [0.25, 0.3) is 0 Å². The third-order valence-corrected chi connectivity index (χ3v) is 1.11. The normalized spacial score (nSPS) is 16.4. The zero-order valence-corrected chi connectivity index (χ0v) is 7.08. The molecule has 0 amide bonds. The number of rotatable bonds is 6. The maximum Gasteiger partial charge on any atom is 0.0897 e. The predicted octanol–water partition coefficient (Wildman–Crippen LogP) is -1.04. The second-order valence-corrected chi connectivity index (χ2v) is 2.60. The maximum absolute atomic E-state index is 9.09. The average Bonchev–Trinajstić information content (AvgIpc) is 1.87. The molecule has 0 saturated heterocycles. The first-order chi connectivity index (χ1) is 5.16. The van der Waals surface area contributed by atoms with Gasteiger partial charge in [0.15, 0.2) is 0 Å². The van der Waals surface area contributed by atoms with Crippen LogP contribution in [-0.4, -0.2) is 49.2 Å². The van der Waals surface area contributed by atoms with Crippen molar-refractivity contribution in [3.05, 3.63) is 0 Å². The lowest BCUT2D eigenvalue weighted by Gasteiger charge is -2.11. The van der Waals surface area contributed by atoms with E-state index in [1.807, 2.05) is 0 Å². The van der Waals surface area contributed by atoms with E-state index in [4.69, 9.17) is 14.9 Å². The molecular formula is C7H17NO3. The molecule has 0 bridgehead atoms. The van der Waals surface area contributed by atoms with E-state index in [1.54, 1.807) is 14.0 Å². The highest BCUT2D eigenvalue weighted by molar-refractivity contribution is 4.55. The topological polar surface area (TPSA) is 61.7 Å². The fourth-order valence-corrected chi connectivity index (χ4v) is 0.669. The standard InChI is InChI=1S/C7H17NO3/c1-6(9)4-11-5-7(10)3-8-2/h6-10H,3-5H2,1-2H3. The van der Waals surface area contributed by atoms with Crippen LogP contribution < -0.4 is 5.32 Å². The van der Waals surface area contributed by atoms with E-state index >= 15 is 0 Å². The summed E-state index contributed by atoms with van der Waals surface area (Å²) in [4.78, 5) is 0. The summed E-state index contributed by atoms with van der Waals surface area (Å²) >= 11 is 0. The first-order valence-electron chi connectivity index (χ1n) is 3.75. The van der Waals surface area contributed by atoms with Gasteiger partial charge in [-0.2, -0.15) is 0 Å². The van der Waals surface area contributed by atoms with Crippen molar-refractivity contribution < 1.29 is 14.9 Å². The second-order valence-electron chi connectivity index (χ2n) is 2.60. The van der Waals surface area contributed by atoms with Gasteiger partial charge in [0.1, 0.15) is 0 Å². The van der Waals surface area contributed by atoms with Crippen LogP contribution in [0.4, 0.5) is 0 Å². The molecule has 0 rings (SSSR count). The Hall–Kier alpha value is -0.160. The molecule has 2 atom stereocenters. The first-order valence-corrected chi connectivity index (χ1v) is 3.75. The number of hydrogen-bond acceptors (Lipinski definition) is 4. The molecule has 4 heteroatoms. The van der Waals surface area contributed by atoms with Gasteiger partial charge < -0.3 is 20.3 Å². The Morgan fingerprint density at radius 3 is 2.45 bits per heavy atom. The molecule has 0 aromatic heterocycles. The second kappa shape index (κ2) is 6.54. The zero-order valence-electron chi connectivity index (χ0n) is 7.08.